The maximum absolute atomic E-state index is 3.25. The molecule has 0 N–H and O–H groups in total. The van der Waals surface area contributed by atoms with Crippen molar-refractivity contribution in [1.82, 2.24) is 0 Å². The van der Waals surface area contributed by atoms with Crippen molar-refractivity contribution in [3.8, 4) is 0 Å². The van der Waals surface area contributed by atoms with Gasteiger partial charge in [-0.2, -0.15) is 13.8 Å². The van der Waals surface area contributed by atoms with Crippen molar-refractivity contribution < 1.29 is 16.5 Å². The van der Waals surface area contributed by atoms with Crippen molar-refractivity contribution in [2.75, 3.05) is 0 Å². The Morgan fingerprint density at radius 2 is 0.833 bits per heavy atom. The van der Waals surface area contributed by atoms with Crippen LogP contribution < -0.4 is 0 Å². The van der Waals surface area contributed by atoms with Gasteiger partial charge in [-0.15, -0.1) is 0 Å². The second kappa shape index (κ2) is 145. The van der Waals surface area contributed by atoms with Gasteiger partial charge in [-0.05, 0) is 0 Å². The molecule has 0 nitrogen and oxygen atoms in total. The standard InChI is InChI=1S/2C2H5.Al.Ni.3H/c2*1-2;;;;;/h2*1H2,2H3;;;;;/q2*-1;;+2;;;. The summed E-state index contributed by atoms with van der Waals surface area (Å²) in [6.07, 6.45) is 0. The van der Waals surface area contributed by atoms with E-state index in [1.807, 2.05) is 0 Å². The van der Waals surface area contributed by atoms with Crippen LogP contribution in [0.25, 0.3) is 0 Å². The molecule has 0 fully saturated rings. The van der Waals surface area contributed by atoms with Crippen LogP contribution in [0.3, 0.4) is 0 Å². The molecule has 0 aliphatic heterocycles. The van der Waals surface area contributed by atoms with Gasteiger partial charge in [0, 0.05) is 0 Å². The van der Waals surface area contributed by atoms with Crippen molar-refractivity contribution in [2.45, 2.75) is 13.8 Å². The van der Waals surface area contributed by atoms with E-state index in [0.717, 1.165) is 0 Å². The molecular formula is C4H13AlNi. The number of hydrogen-bond acceptors (Lipinski definition) is 0. The zero-order valence-corrected chi connectivity index (χ0v) is 4.72. The van der Waals surface area contributed by atoms with Gasteiger partial charge in [0.25, 0.3) is 0 Å². The summed E-state index contributed by atoms with van der Waals surface area (Å²) in [5.74, 6) is 0. The van der Waals surface area contributed by atoms with Crippen LogP contribution >= 0.6 is 0 Å². The van der Waals surface area contributed by atoms with Crippen molar-refractivity contribution in [2.24, 2.45) is 0 Å². The van der Waals surface area contributed by atoms with Gasteiger partial charge in [0.1, 0.15) is 0 Å². The Kier molecular flexibility index (Phi) is 672. The van der Waals surface area contributed by atoms with E-state index in [0.29, 0.717) is 0 Å². The second-order valence-corrected chi connectivity index (χ2v) is 0. The maximum Gasteiger partial charge on any atom is 2.00 e. The Morgan fingerprint density at radius 3 is 0.833 bits per heavy atom. The van der Waals surface area contributed by atoms with Gasteiger partial charge in [0.05, 0.1) is 0 Å². The first-order valence-corrected chi connectivity index (χ1v) is 1.41. The van der Waals surface area contributed by atoms with Gasteiger partial charge in [-0.1, -0.05) is 0 Å². The SMILES string of the molecule is [AlH3].[CH2-]C.[CH2-]C.[Ni+2]. The molecule has 42 valence electrons. The Hall–Kier alpha value is 1.03. The normalized spacial score (nSPS) is 2.00. The van der Waals surface area contributed by atoms with E-state index in [2.05, 4.69) is 13.8 Å². The molecule has 0 aliphatic carbocycles. The molecule has 2 heteroatoms. The summed E-state index contributed by atoms with van der Waals surface area (Å²) < 4.78 is 0. The van der Waals surface area contributed by atoms with E-state index in [9.17, 15) is 0 Å². The second-order valence-electron chi connectivity index (χ2n) is 0. The molecule has 0 heterocycles. The molecule has 0 aromatic heterocycles. The summed E-state index contributed by atoms with van der Waals surface area (Å²) >= 11 is 0. The van der Waals surface area contributed by atoms with Gasteiger partial charge < -0.3 is 13.8 Å². The minimum absolute atomic E-state index is 0. The van der Waals surface area contributed by atoms with Crippen LogP contribution in [0.15, 0.2) is 0 Å². The molecular weight excluding hydrogens is 134 g/mol. The first kappa shape index (κ1) is 27.9. The average Bonchev–Trinajstić information content (AvgIpc) is 1.50. The van der Waals surface area contributed by atoms with Crippen LogP contribution in [0.5, 0.6) is 0 Å². The Morgan fingerprint density at radius 1 is 0.833 bits per heavy atom. The minimum Gasteiger partial charge on any atom is -0.346 e. The minimum atomic E-state index is 0. The van der Waals surface area contributed by atoms with Crippen LogP contribution in [0.4, 0.5) is 0 Å². The van der Waals surface area contributed by atoms with Crippen LogP contribution in [0.2, 0.25) is 0 Å². The fraction of sp³-hybridized carbons (Fsp3) is 0.500. The Labute approximate surface area is 61.8 Å². The van der Waals surface area contributed by atoms with Crippen molar-refractivity contribution in [3.63, 3.8) is 0 Å². The van der Waals surface area contributed by atoms with Crippen LogP contribution in [0.1, 0.15) is 13.8 Å². The zero-order chi connectivity index (χ0) is 4.00. The molecule has 0 aromatic rings. The molecule has 0 aromatic carbocycles. The van der Waals surface area contributed by atoms with Crippen LogP contribution in [0, 0.1) is 13.8 Å². The van der Waals surface area contributed by atoms with E-state index in [1.54, 1.807) is 13.8 Å². The van der Waals surface area contributed by atoms with Gasteiger partial charge in [-0.25, -0.2) is 0 Å². The molecule has 0 bridgehead atoms. The fourth-order valence-corrected chi connectivity index (χ4v) is 0. The van der Waals surface area contributed by atoms with Gasteiger partial charge >= 0.3 is 16.5 Å². The molecule has 0 aliphatic rings. The third kappa shape index (κ3) is 77.4. The fourth-order valence-electron chi connectivity index (χ4n) is 0. The van der Waals surface area contributed by atoms with E-state index in [4.69, 9.17) is 0 Å². The topological polar surface area (TPSA) is 0 Å². The van der Waals surface area contributed by atoms with Crippen molar-refractivity contribution in [3.05, 3.63) is 13.8 Å². The Balaban J connectivity index is -0.00000000500. The van der Waals surface area contributed by atoms with E-state index in [1.165, 1.54) is 0 Å². The molecule has 0 saturated carbocycles. The summed E-state index contributed by atoms with van der Waals surface area (Å²) in [6, 6.07) is 0. The van der Waals surface area contributed by atoms with E-state index < -0.39 is 0 Å². The third-order valence-electron chi connectivity index (χ3n) is 0. The molecule has 0 atom stereocenters. The van der Waals surface area contributed by atoms with E-state index in [-0.39, 0.29) is 33.9 Å². The summed E-state index contributed by atoms with van der Waals surface area (Å²) in [5, 5.41) is 0. The quantitative estimate of drug-likeness (QED) is 0.345. The predicted octanol–water partition coefficient (Wildman–Crippen LogP) is 0.494. The maximum atomic E-state index is 3.25. The van der Waals surface area contributed by atoms with Gasteiger partial charge in [-0.3, -0.25) is 0 Å². The molecule has 0 amide bonds. The molecule has 0 spiro atoms. The zero-order valence-electron chi connectivity index (χ0n) is 3.73. The smallest absolute Gasteiger partial charge is 0.346 e. The Bertz CT molecular complexity index is 7.51. The number of rotatable bonds is 0. The summed E-state index contributed by atoms with van der Waals surface area (Å²) in [7, 11) is 0. The third-order valence-corrected chi connectivity index (χ3v) is 0. The molecule has 6 heavy (non-hydrogen) atoms. The summed E-state index contributed by atoms with van der Waals surface area (Å²) in [4.78, 5) is 0. The first-order valence-electron chi connectivity index (χ1n) is 1.41. The summed E-state index contributed by atoms with van der Waals surface area (Å²) in [6.45, 7) is 10.0. The summed E-state index contributed by atoms with van der Waals surface area (Å²) in [5.41, 5.74) is 0. The monoisotopic (exact) mass is 146 g/mol. The molecule has 0 unspecified atom stereocenters. The molecule has 0 saturated heterocycles. The van der Waals surface area contributed by atoms with Crippen LogP contribution in [-0.4, -0.2) is 17.4 Å². The van der Waals surface area contributed by atoms with Crippen molar-refractivity contribution >= 4 is 17.4 Å². The largest absolute Gasteiger partial charge is 2.00 e. The van der Waals surface area contributed by atoms with E-state index >= 15 is 0 Å². The van der Waals surface area contributed by atoms with Crippen molar-refractivity contribution in [1.29, 1.82) is 0 Å². The average molecular weight is 147 g/mol. The number of hydrogen-bond donors (Lipinski definition) is 0. The molecule has 0 radical (unpaired) electrons. The predicted molar refractivity (Wildman–Crippen MR) is 32.0 cm³/mol. The van der Waals surface area contributed by atoms with Gasteiger partial charge in [0.2, 0.25) is 0 Å². The molecule has 0 rings (SSSR count). The first-order chi connectivity index (χ1) is 2.00. The van der Waals surface area contributed by atoms with Gasteiger partial charge in [0.15, 0.2) is 17.4 Å². The van der Waals surface area contributed by atoms with Crippen LogP contribution in [-0.2, 0) is 16.5 Å².